The number of rotatable bonds is 4. The molecule has 1 saturated carbocycles. The predicted octanol–water partition coefficient (Wildman–Crippen LogP) is 2.24. The lowest BCUT2D eigenvalue weighted by Crippen LogP contribution is -2.35. The van der Waals surface area contributed by atoms with Crippen LogP contribution in [-0.2, 0) is 0 Å². The van der Waals surface area contributed by atoms with Crippen LogP contribution in [0.4, 0.5) is 11.5 Å². The van der Waals surface area contributed by atoms with Crippen LogP contribution in [-0.4, -0.2) is 29.0 Å². The van der Waals surface area contributed by atoms with Crippen LogP contribution in [0.5, 0.6) is 0 Å². The molecule has 0 aromatic carbocycles. The lowest BCUT2D eigenvalue weighted by Gasteiger charge is -2.29. The number of hydrogen-bond acceptors (Lipinski definition) is 5. The van der Waals surface area contributed by atoms with Crippen molar-refractivity contribution < 1.29 is 4.92 Å². The molecule has 0 saturated heterocycles. The van der Waals surface area contributed by atoms with Crippen LogP contribution < -0.4 is 10.6 Å². The zero-order chi connectivity index (χ0) is 13.8. The number of nitrogens with one attached hydrogen (secondary N) is 2. The van der Waals surface area contributed by atoms with Crippen LogP contribution >= 0.6 is 0 Å². The van der Waals surface area contributed by atoms with Crippen molar-refractivity contribution in [2.75, 3.05) is 12.4 Å². The van der Waals surface area contributed by atoms with E-state index in [1.54, 1.807) is 6.07 Å². The standard InChI is InChI=1S/C13H20N4O2/c1-9-3-8-12(17(18)19)13(15-9)16-11-6-4-10(14-2)5-7-11/h3,8,10-11,14H,4-7H2,1-2H3,(H,15,16). The molecule has 0 amide bonds. The minimum atomic E-state index is -0.381. The highest BCUT2D eigenvalue weighted by Gasteiger charge is 2.23. The Morgan fingerprint density at radius 2 is 1.89 bits per heavy atom. The average molecular weight is 264 g/mol. The topological polar surface area (TPSA) is 80.1 Å². The van der Waals surface area contributed by atoms with Crippen LogP contribution in [0.15, 0.2) is 12.1 Å². The fourth-order valence-electron chi connectivity index (χ4n) is 2.52. The van der Waals surface area contributed by atoms with Crippen molar-refractivity contribution in [1.29, 1.82) is 0 Å². The number of nitro groups is 1. The Balaban J connectivity index is 2.06. The van der Waals surface area contributed by atoms with Gasteiger partial charge < -0.3 is 10.6 Å². The van der Waals surface area contributed by atoms with Crippen molar-refractivity contribution in [2.24, 2.45) is 0 Å². The second kappa shape index (κ2) is 5.97. The monoisotopic (exact) mass is 264 g/mol. The number of nitrogens with zero attached hydrogens (tertiary/aromatic N) is 2. The maximum Gasteiger partial charge on any atom is 0.311 e. The van der Waals surface area contributed by atoms with Crippen LogP contribution in [0.3, 0.4) is 0 Å². The zero-order valence-corrected chi connectivity index (χ0v) is 11.3. The Kier molecular flexibility index (Phi) is 4.31. The molecule has 1 aromatic heterocycles. The number of pyridine rings is 1. The first-order chi connectivity index (χ1) is 9.10. The molecule has 1 aliphatic carbocycles. The van der Waals surface area contributed by atoms with Crippen molar-refractivity contribution in [3.05, 3.63) is 27.9 Å². The van der Waals surface area contributed by atoms with Gasteiger partial charge in [0.25, 0.3) is 0 Å². The summed E-state index contributed by atoms with van der Waals surface area (Å²) in [7, 11) is 1.98. The second-order valence-corrected chi connectivity index (χ2v) is 5.06. The SMILES string of the molecule is CNC1CCC(Nc2nc(C)ccc2[N+](=O)[O-])CC1. The minimum absolute atomic E-state index is 0.0568. The summed E-state index contributed by atoms with van der Waals surface area (Å²) >= 11 is 0. The summed E-state index contributed by atoms with van der Waals surface area (Å²) in [4.78, 5) is 14.9. The fourth-order valence-corrected chi connectivity index (χ4v) is 2.52. The molecule has 19 heavy (non-hydrogen) atoms. The second-order valence-electron chi connectivity index (χ2n) is 5.06. The summed E-state index contributed by atoms with van der Waals surface area (Å²) < 4.78 is 0. The lowest BCUT2D eigenvalue weighted by atomic mass is 9.91. The molecule has 104 valence electrons. The lowest BCUT2D eigenvalue weighted by molar-refractivity contribution is -0.384. The third-order valence-corrected chi connectivity index (χ3v) is 3.69. The molecule has 0 spiro atoms. The zero-order valence-electron chi connectivity index (χ0n) is 11.3. The summed E-state index contributed by atoms with van der Waals surface area (Å²) in [6, 6.07) is 4.03. The Hall–Kier alpha value is -1.69. The van der Waals surface area contributed by atoms with Gasteiger partial charge in [0.15, 0.2) is 0 Å². The third kappa shape index (κ3) is 3.41. The fraction of sp³-hybridized carbons (Fsp3) is 0.615. The first kappa shape index (κ1) is 13.7. The van der Waals surface area contributed by atoms with Gasteiger partial charge in [-0.2, -0.15) is 0 Å². The molecule has 0 aliphatic heterocycles. The van der Waals surface area contributed by atoms with Crippen LogP contribution in [0, 0.1) is 17.0 Å². The summed E-state index contributed by atoms with van der Waals surface area (Å²) in [5.41, 5.74) is 0.846. The van der Waals surface area contributed by atoms with E-state index in [-0.39, 0.29) is 16.7 Å². The molecule has 1 heterocycles. The molecule has 0 bridgehead atoms. The maximum atomic E-state index is 11.0. The molecule has 2 N–H and O–H groups in total. The first-order valence-electron chi connectivity index (χ1n) is 6.66. The summed E-state index contributed by atoms with van der Waals surface area (Å²) in [6.07, 6.45) is 4.21. The predicted molar refractivity (Wildman–Crippen MR) is 74.4 cm³/mol. The van der Waals surface area contributed by atoms with Gasteiger partial charge in [-0.25, -0.2) is 4.98 Å². The van der Waals surface area contributed by atoms with Crippen LogP contribution in [0.2, 0.25) is 0 Å². The van der Waals surface area contributed by atoms with E-state index in [1.807, 2.05) is 14.0 Å². The van der Waals surface area contributed by atoms with Crippen molar-refractivity contribution in [2.45, 2.75) is 44.7 Å². The van der Waals surface area contributed by atoms with Gasteiger partial charge in [0, 0.05) is 23.8 Å². The van der Waals surface area contributed by atoms with Crippen molar-refractivity contribution in [3.8, 4) is 0 Å². The minimum Gasteiger partial charge on any atom is -0.362 e. The summed E-state index contributed by atoms with van der Waals surface area (Å²) in [6.45, 7) is 1.84. The molecule has 2 rings (SSSR count). The summed E-state index contributed by atoms with van der Waals surface area (Å²) in [5.74, 6) is 0.401. The highest BCUT2D eigenvalue weighted by Crippen LogP contribution is 2.27. The molecule has 1 aliphatic rings. The first-order valence-corrected chi connectivity index (χ1v) is 6.66. The molecule has 0 radical (unpaired) electrons. The highest BCUT2D eigenvalue weighted by atomic mass is 16.6. The Bertz CT molecular complexity index is 456. The smallest absolute Gasteiger partial charge is 0.311 e. The van der Waals surface area contributed by atoms with E-state index in [0.29, 0.717) is 11.9 Å². The number of aromatic nitrogens is 1. The Labute approximate surface area is 112 Å². The van der Waals surface area contributed by atoms with E-state index in [9.17, 15) is 10.1 Å². The molecule has 1 aromatic rings. The summed E-state index contributed by atoms with van der Waals surface area (Å²) in [5, 5.41) is 17.5. The van der Waals surface area contributed by atoms with E-state index in [0.717, 1.165) is 31.4 Å². The van der Waals surface area contributed by atoms with Gasteiger partial charge in [-0.05, 0) is 45.7 Å². The van der Waals surface area contributed by atoms with E-state index in [1.165, 1.54) is 6.07 Å². The van der Waals surface area contributed by atoms with Crippen molar-refractivity contribution in [1.82, 2.24) is 10.3 Å². The van der Waals surface area contributed by atoms with Gasteiger partial charge in [-0.1, -0.05) is 0 Å². The molecular weight excluding hydrogens is 244 g/mol. The van der Waals surface area contributed by atoms with Gasteiger partial charge >= 0.3 is 5.69 Å². The molecule has 6 heteroatoms. The Morgan fingerprint density at radius 3 is 2.47 bits per heavy atom. The molecule has 1 fully saturated rings. The van der Waals surface area contributed by atoms with Crippen LogP contribution in [0.1, 0.15) is 31.4 Å². The normalized spacial score (nSPS) is 23.1. The van der Waals surface area contributed by atoms with Crippen molar-refractivity contribution in [3.63, 3.8) is 0 Å². The van der Waals surface area contributed by atoms with Gasteiger partial charge in [0.1, 0.15) is 0 Å². The largest absolute Gasteiger partial charge is 0.362 e. The van der Waals surface area contributed by atoms with Gasteiger partial charge in [0.2, 0.25) is 5.82 Å². The maximum absolute atomic E-state index is 11.0. The Morgan fingerprint density at radius 1 is 1.26 bits per heavy atom. The molecule has 0 atom stereocenters. The van der Waals surface area contributed by atoms with E-state index in [2.05, 4.69) is 15.6 Å². The quantitative estimate of drug-likeness (QED) is 0.644. The van der Waals surface area contributed by atoms with Gasteiger partial charge in [0.05, 0.1) is 4.92 Å². The van der Waals surface area contributed by atoms with E-state index < -0.39 is 0 Å². The molecule has 6 nitrogen and oxygen atoms in total. The van der Waals surface area contributed by atoms with E-state index >= 15 is 0 Å². The number of aryl methyl sites for hydroxylation is 1. The van der Waals surface area contributed by atoms with Crippen molar-refractivity contribution >= 4 is 11.5 Å². The molecule has 0 unspecified atom stereocenters. The number of anilines is 1. The van der Waals surface area contributed by atoms with E-state index in [4.69, 9.17) is 0 Å². The third-order valence-electron chi connectivity index (χ3n) is 3.69. The average Bonchev–Trinajstić information content (AvgIpc) is 2.39. The van der Waals surface area contributed by atoms with Crippen LogP contribution in [0.25, 0.3) is 0 Å². The van der Waals surface area contributed by atoms with Gasteiger partial charge in [-0.3, -0.25) is 10.1 Å². The van der Waals surface area contributed by atoms with Gasteiger partial charge in [-0.15, -0.1) is 0 Å². The highest BCUT2D eigenvalue weighted by molar-refractivity contribution is 5.56. The number of hydrogen-bond donors (Lipinski definition) is 2. The molecular formula is C13H20N4O2.